The zero-order valence-corrected chi connectivity index (χ0v) is 14.9. The fraction of sp³-hybridized carbons (Fsp3) is 0.588. The lowest BCUT2D eigenvalue weighted by Gasteiger charge is -2.32. The first-order chi connectivity index (χ1) is 11.0. The maximum Gasteiger partial charge on any atom is 0.224 e. The molecule has 1 atom stereocenters. The minimum atomic E-state index is 0.229. The van der Waals surface area contributed by atoms with Crippen molar-refractivity contribution in [3.8, 4) is 0 Å². The summed E-state index contributed by atoms with van der Waals surface area (Å²) in [5, 5.41) is 5.44. The maximum atomic E-state index is 12.5. The molecule has 124 valence electrons. The second-order valence-corrected chi connectivity index (χ2v) is 7.64. The highest BCUT2D eigenvalue weighted by Gasteiger charge is 2.26. The van der Waals surface area contributed by atoms with Gasteiger partial charge >= 0.3 is 0 Å². The molecular weight excluding hydrogens is 308 g/mol. The number of aryl methyl sites for hydroxylation is 4. The third kappa shape index (κ3) is 3.80. The predicted octanol–water partition coefficient (Wildman–Crippen LogP) is 3.06. The van der Waals surface area contributed by atoms with Crippen LogP contribution in [0.25, 0.3) is 0 Å². The summed E-state index contributed by atoms with van der Waals surface area (Å²) in [6.45, 7) is 8.53. The van der Waals surface area contributed by atoms with Crippen molar-refractivity contribution in [2.24, 2.45) is 0 Å². The van der Waals surface area contributed by atoms with Gasteiger partial charge in [-0.15, -0.1) is 11.3 Å². The summed E-state index contributed by atoms with van der Waals surface area (Å²) in [7, 11) is 0. The van der Waals surface area contributed by atoms with Gasteiger partial charge in [-0.25, -0.2) is 4.98 Å². The maximum absolute atomic E-state index is 12.5. The van der Waals surface area contributed by atoms with Crippen LogP contribution in [0.5, 0.6) is 0 Å². The minimum Gasteiger partial charge on any atom is -0.342 e. The molecule has 3 rings (SSSR count). The molecule has 0 bridgehead atoms. The second kappa shape index (κ2) is 6.83. The Labute approximate surface area is 141 Å². The molecule has 0 radical (unpaired) electrons. The summed E-state index contributed by atoms with van der Waals surface area (Å²) in [6, 6.07) is 0. The standard InChI is InChI=1S/C17H24N4OS/c1-12-9-18-21(10-12)8-6-16(22)20-7-4-5-15(11-20)17-19-13(2)14(3)23-17/h9-10,15H,4-8,11H2,1-3H3/t15-/m1/s1. The Morgan fingerprint density at radius 3 is 2.87 bits per heavy atom. The Bertz CT molecular complexity index is 671. The highest BCUT2D eigenvalue weighted by Crippen LogP contribution is 2.31. The second-order valence-electron chi connectivity index (χ2n) is 6.40. The minimum absolute atomic E-state index is 0.229. The molecule has 1 fully saturated rings. The van der Waals surface area contributed by atoms with Crippen molar-refractivity contribution in [1.82, 2.24) is 19.7 Å². The van der Waals surface area contributed by atoms with Crippen LogP contribution in [-0.4, -0.2) is 38.7 Å². The summed E-state index contributed by atoms with van der Waals surface area (Å²) < 4.78 is 1.85. The van der Waals surface area contributed by atoms with Gasteiger partial charge in [0, 0.05) is 43.0 Å². The fourth-order valence-electron chi connectivity index (χ4n) is 3.03. The van der Waals surface area contributed by atoms with Crippen LogP contribution in [0, 0.1) is 20.8 Å². The van der Waals surface area contributed by atoms with Crippen LogP contribution in [0.4, 0.5) is 0 Å². The number of carbonyl (C=O) groups excluding carboxylic acids is 1. The average Bonchev–Trinajstić information content (AvgIpc) is 3.11. The zero-order valence-electron chi connectivity index (χ0n) is 14.1. The normalized spacial score (nSPS) is 18.4. The first-order valence-corrected chi connectivity index (χ1v) is 9.05. The van der Waals surface area contributed by atoms with Crippen molar-refractivity contribution in [3.05, 3.63) is 33.5 Å². The smallest absolute Gasteiger partial charge is 0.224 e. The van der Waals surface area contributed by atoms with E-state index in [2.05, 4.69) is 18.9 Å². The van der Waals surface area contributed by atoms with E-state index in [1.54, 1.807) is 11.3 Å². The summed E-state index contributed by atoms with van der Waals surface area (Å²) in [5.41, 5.74) is 2.26. The molecule has 1 saturated heterocycles. The Kier molecular flexibility index (Phi) is 4.80. The van der Waals surface area contributed by atoms with Gasteiger partial charge in [0.25, 0.3) is 0 Å². The zero-order chi connectivity index (χ0) is 16.4. The number of aromatic nitrogens is 3. The Morgan fingerprint density at radius 2 is 2.22 bits per heavy atom. The van der Waals surface area contributed by atoms with Crippen LogP contribution in [0.2, 0.25) is 0 Å². The molecule has 0 spiro atoms. The number of hydrogen-bond donors (Lipinski definition) is 0. The molecule has 1 aliphatic heterocycles. The lowest BCUT2D eigenvalue weighted by Crippen LogP contribution is -2.39. The molecule has 3 heterocycles. The van der Waals surface area contributed by atoms with Crippen molar-refractivity contribution < 1.29 is 4.79 Å². The lowest BCUT2D eigenvalue weighted by molar-refractivity contribution is -0.132. The van der Waals surface area contributed by atoms with Crippen LogP contribution in [-0.2, 0) is 11.3 Å². The Morgan fingerprint density at radius 1 is 1.39 bits per heavy atom. The fourth-order valence-corrected chi connectivity index (χ4v) is 4.08. The largest absolute Gasteiger partial charge is 0.342 e. The number of carbonyl (C=O) groups is 1. The van der Waals surface area contributed by atoms with Gasteiger partial charge in [-0.3, -0.25) is 9.48 Å². The molecular formula is C17H24N4OS. The molecule has 6 heteroatoms. The molecule has 2 aromatic heterocycles. The van der Waals surface area contributed by atoms with Gasteiger partial charge in [0.05, 0.1) is 16.9 Å². The monoisotopic (exact) mass is 332 g/mol. The lowest BCUT2D eigenvalue weighted by atomic mass is 9.98. The van der Waals surface area contributed by atoms with Gasteiger partial charge in [-0.05, 0) is 39.2 Å². The van der Waals surface area contributed by atoms with Crippen molar-refractivity contribution >= 4 is 17.2 Å². The first-order valence-electron chi connectivity index (χ1n) is 8.23. The molecule has 0 N–H and O–H groups in total. The molecule has 1 amide bonds. The Balaban J connectivity index is 1.58. The van der Waals surface area contributed by atoms with Crippen LogP contribution < -0.4 is 0 Å². The summed E-state index contributed by atoms with van der Waals surface area (Å²) in [4.78, 5) is 20.5. The van der Waals surface area contributed by atoms with E-state index in [1.165, 1.54) is 9.88 Å². The van der Waals surface area contributed by atoms with Crippen molar-refractivity contribution in [2.75, 3.05) is 13.1 Å². The van der Waals surface area contributed by atoms with Crippen molar-refractivity contribution in [1.29, 1.82) is 0 Å². The van der Waals surface area contributed by atoms with Crippen molar-refractivity contribution in [3.63, 3.8) is 0 Å². The average molecular weight is 332 g/mol. The van der Waals surface area contributed by atoms with E-state index < -0.39 is 0 Å². The SMILES string of the molecule is Cc1cnn(CCC(=O)N2CCC[C@@H](c3nc(C)c(C)s3)C2)c1. The number of amides is 1. The van der Waals surface area contributed by atoms with Gasteiger partial charge in [0.1, 0.15) is 0 Å². The number of nitrogens with zero attached hydrogens (tertiary/aromatic N) is 4. The molecule has 0 unspecified atom stereocenters. The van der Waals surface area contributed by atoms with Crippen LogP contribution >= 0.6 is 11.3 Å². The van der Waals surface area contributed by atoms with E-state index in [9.17, 15) is 4.79 Å². The van der Waals surface area contributed by atoms with Crippen molar-refractivity contribution in [2.45, 2.75) is 52.5 Å². The van der Waals surface area contributed by atoms with Gasteiger partial charge in [0.2, 0.25) is 5.91 Å². The topological polar surface area (TPSA) is 51.0 Å². The van der Waals surface area contributed by atoms with E-state index in [0.29, 0.717) is 18.9 Å². The van der Waals surface area contributed by atoms with E-state index in [4.69, 9.17) is 4.98 Å². The number of piperidine rings is 1. The van der Waals surface area contributed by atoms with Crippen LogP contribution in [0.15, 0.2) is 12.4 Å². The summed E-state index contributed by atoms with van der Waals surface area (Å²) in [5.74, 6) is 0.630. The van der Waals surface area contributed by atoms with Gasteiger partial charge < -0.3 is 4.90 Å². The molecule has 0 aliphatic carbocycles. The highest BCUT2D eigenvalue weighted by molar-refractivity contribution is 7.11. The molecule has 23 heavy (non-hydrogen) atoms. The molecule has 1 aliphatic rings. The number of hydrogen-bond acceptors (Lipinski definition) is 4. The molecule has 5 nitrogen and oxygen atoms in total. The van der Waals surface area contributed by atoms with Crippen LogP contribution in [0.1, 0.15) is 46.3 Å². The van der Waals surface area contributed by atoms with Gasteiger partial charge in [-0.1, -0.05) is 0 Å². The van der Waals surface area contributed by atoms with E-state index in [-0.39, 0.29) is 5.91 Å². The van der Waals surface area contributed by atoms with E-state index in [0.717, 1.165) is 37.2 Å². The third-order valence-electron chi connectivity index (χ3n) is 4.49. The molecule has 0 aromatic carbocycles. The highest BCUT2D eigenvalue weighted by atomic mass is 32.1. The molecule has 0 saturated carbocycles. The summed E-state index contributed by atoms with van der Waals surface area (Å²) in [6.07, 6.45) is 6.52. The Hall–Kier alpha value is -1.69. The predicted molar refractivity (Wildman–Crippen MR) is 91.7 cm³/mol. The number of rotatable bonds is 4. The quantitative estimate of drug-likeness (QED) is 0.864. The third-order valence-corrected chi connectivity index (χ3v) is 5.72. The number of thiazole rings is 1. The molecule has 2 aromatic rings. The first kappa shape index (κ1) is 16.2. The number of likely N-dealkylation sites (tertiary alicyclic amines) is 1. The van der Waals surface area contributed by atoms with Gasteiger partial charge in [0.15, 0.2) is 0 Å². The summed E-state index contributed by atoms with van der Waals surface area (Å²) >= 11 is 1.78. The van der Waals surface area contributed by atoms with E-state index in [1.807, 2.05) is 28.9 Å². The van der Waals surface area contributed by atoms with E-state index >= 15 is 0 Å². The van der Waals surface area contributed by atoms with Gasteiger partial charge in [-0.2, -0.15) is 5.10 Å². The van der Waals surface area contributed by atoms with Crippen LogP contribution in [0.3, 0.4) is 0 Å².